The first-order valence-electron chi connectivity index (χ1n) is 7.77. The number of carbonyl (C=O) groups is 1. The van der Waals surface area contributed by atoms with Gasteiger partial charge in [-0.1, -0.05) is 11.6 Å². The summed E-state index contributed by atoms with van der Waals surface area (Å²) in [5.74, 6) is 1.32. The first-order valence-corrected chi connectivity index (χ1v) is 10.3. The molecular weight excluding hydrogens is 378 g/mol. The van der Waals surface area contributed by atoms with E-state index in [1.54, 1.807) is 11.8 Å². The summed E-state index contributed by atoms with van der Waals surface area (Å²) in [5, 5.41) is 3.44. The van der Waals surface area contributed by atoms with Gasteiger partial charge < -0.3 is 14.8 Å². The van der Waals surface area contributed by atoms with Crippen LogP contribution in [0.3, 0.4) is 0 Å². The van der Waals surface area contributed by atoms with Crippen molar-refractivity contribution in [1.29, 1.82) is 0 Å². The van der Waals surface area contributed by atoms with Crippen molar-refractivity contribution in [3.63, 3.8) is 0 Å². The molecule has 0 aromatic heterocycles. The quantitative estimate of drug-likeness (QED) is 0.725. The molecule has 1 heterocycles. The van der Waals surface area contributed by atoms with Crippen molar-refractivity contribution in [2.75, 3.05) is 24.8 Å². The summed E-state index contributed by atoms with van der Waals surface area (Å²) in [7, 11) is 0. The molecule has 0 spiro atoms. The highest BCUT2D eigenvalue weighted by atomic mass is 35.5. The average molecular weight is 396 g/mol. The number of ether oxygens (including phenoxy) is 2. The van der Waals surface area contributed by atoms with Crippen LogP contribution >= 0.6 is 35.1 Å². The van der Waals surface area contributed by atoms with E-state index in [0.29, 0.717) is 24.0 Å². The zero-order valence-electron chi connectivity index (χ0n) is 13.9. The average Bonchev–Trinajstić information content (AvgIpc) is 2.63. The van der Waals surface area contributed by atoms with E-state index in [1.807, 2.05) is 49.6 Å². The Morgan fingerprint density at radius 2 is 1.80 bits per heavy atom. The van der Waals surface area contributed by atoms with Gasteiger partial charge in [-0.3, -0.25) is 4.79 Å². The lowest BCUT2D eigenvalue weighted by Gasteiger charge is -2.21. The Labute approximate surface area is 160 Å². The van der Waals surface area contributed by atoms with Gasteiger partial charge in [0.25, 0.3) is 0 Å². The number of nitrogens with one attached hydrogen (secondary N) is 1. The van der Waals surface area contributed by atoms with Gasteiger partial charge in [0, 0.05) is 20.9 Å². The maximum Gasteiger partial charge on any atom is 0.237 e. The summed E-state index contributed by atoms with van der Waals surface area (Å²) in [6, 6.07) is 11.2. The minimum Gasteiger partial charge on any atom is -0.486 e. The number of thioether (sulfide) groups is 2. The van der Waals surface area contributed by atoms with E-state index in [4.69, 9.17) is 21.1 Å². The molecule has 7 heteroatoms. The minimum absolute atomic E-state index is 0.0630. The fourth-order valence-electron chi connectivity index (χ4n) is 2.34. The van der Waals surface area contributed by atoms with Gasteiger partial charge in [0.05, 0.1) is 10.9 Å². The minimum atomic E-state index is -0.246. The molecule has 25 heavy (non-hydrogen) atoms. The van der Waals surface area contributed by atoms with Crippen molar-refractivity contribution < 1.29 is 14.3 Å². The Hall–Kier alpha value is -1.50. The summed E-state index contributed by atoms with van der Waals surface area (Å²) in [6.07, 6.45) is 1.97. The number of rotatable bonds is 5. The molecule has 1 unspecified atom stereocenters. The summed E-state index contributed by atoms with van der Waals surface area (Å²) in [4.78, 5) is 14.5. The molecule has 1 aliphatic heterocycles. The molecule has 0 bridgehead atoms. The molecular formula is C18H18ClNO3S2. The van der Waals surface area contributed by atoms with Gasteiger partial charge in [0.15, 0.2) is 11.5 Å². The summed E-state index contributed by atoms with van der Waals surface area (Å²) in [5.41, 5.74) is 0.741. The van der Waals surface area contributed by atoms with E-state index in [-0.39, 0.29) is 11.2 Å². The van der Waals surface area contributed by atoms with Gasteiger partial charge in [-0.2, -0.15) is 0 Å². The summed E-state index contributed by atoms with van der Waals surface area (Å²) < 4.78 is 11.2. The molecule has 1 amide bonds. The summed E-state index contributed by atoms with van der Waals surface area (Å²) >= 11 is 8.94. The van der Waals surface area contributed by atoms with Crippen molar-refractivity contribution in [2.24, 2.45) is 0 Å². The molecule has 2 aromatic rings. The van der Waals surface area contributed by atoms with Gasteiger partial charge in [-0.25, -0.2) is 0 Å². The predicted octanol–water partition coefficient (Wildman–Crippen LogP) is 4.95. The fourth-order valence-corrected chi connectivity index (χ4v) is 3.89. The zero-order chi connectivity index (χ0) is 17.8. The molecule has 0 radical (unpaired) electrons. The highest BCUT2D eigenvalue weighted by molar-refractivity contribution is 8.00. The largest absolute Gasteiger partial charge is 0.486 e. The Balaban J connectivity index is 1.72. The third kappa shape index (κ3) is 4.57. The van der Waals surface area contributed by atoms with Crippen LogP contribution in [0.2, 0.25) is 5.02 Å². The third-order valence-corrected chi connectivity index (χ3v) is 5.76. The highest BCUT2D eigenvalue weighted by Gasteiger charge is 2.20. The molecule has 1 atom stereocenters. The smallest absolute Gasteiger partial charge is 0.237 e. The van der Waals surface area contributed by atoms with Crippen molar-refractivity contribution in [3.8, 4) is 11.5 Å². The lowest BCUT2D eigenvalue weighted by atomic mass is 10.2. The first-order chi connectivity index (χ1) is 12.1. The zero-order valence-corrected chi connectivity index (χ0v) is 16.3. The second-order valence-electron chi connectivity index (χ2n) is 5.40. The number of amides is 1. The van der Waals surface area contributed by atoms with E-state index in [1.165, 1.54) is 11.8 Å². The molecule has 3 rings (SSSR count). The Kier molecular flexibility index (Phi) is 6.04. The SMILES string of the molecule is CSc1cc2c(cc1NC(=O)C(C)Sc1ccc(Cl)cc1)OCCO2. The Morgan fingerprint density at radius 3 is 2.44 bits per heavy atom. The second kappa shape index (κ2) is 8.25. The van der Waals surface area contributed by atoms with Gasteiger partial charge in [0.2, 0.25) is 5.91 Å². The third-order valence-electron chi connectivity index (χ3n) is 3.62. The van der Waals surface area contributed by atoms with Crippen LogP contribution in [0.4, 0.5) is 5.69 Å². The van der Waals surface area contributed by atoms with Crippen molar-refractivity contribution >= 4 is 46.7 Å². The van der Waals surface area contributed by atoms with Gasteiger partial charge in [0.1, 0.15) is 13.2 Å². The lowest BCUT2D eigenvalue weighted by Crippen LogP contribution is -2.23. The predicted molar refractivity (Wildman–Crippen MR) is 105 cm³/mol. The molecule has 0 saturated carbocycles. The van der Waals surface area contributed by atoms with Crippen LogP contribution < -0.4 is 14.8 Å². The maximum absolute atomic E-state index is 12.6. The van der Waals surface area contributed by atoms with E-state index in [9.17, 15) is 4.79 Å². The number of fused-ring (bicyclic) bond motifs is 1. The fraction of sp³-hybridized carbons (Fsp3) is 0.278. The number of anilines is 1. The Morgan fingerprint density at radius 1 is 1.16 bits per heavy atom. The molecule has 132 valence electrons. The van der Waals surface area contributed by atoms with E-state index < -0.39 is 0 Å². The second-order valence-corrected chi connectivity index (χ2v) is 8.10. The van der Waals surface area contributed by atoms with Gasteiger partial charge in [-0.05, 0) is 43.5 Å². The van der Waals surface area contributed by atoms with Crippen LogP contribution in [0.15, 0.2) is 46.2 Å². The highest BCUT2D eigenvalue weighted by Crippen LogP contribution is 2.39. The molecule has 1 N–H and O–H groups in total. The monoisotopic (exact) mass is 395 g/mol. The molecule has 0 aliphatic carbocycles. The van der Waals surface area contributed by atoms with Crippen LogP contribution in [0.25, 0.3) is 0 Å². The van der Waals surface area contributed by atoms with Crippen molar-refractivity contribution in [3.05, 3.63) is 41.4 Å². The number of benzene rings is 2. The number of hydrogen-bond donors (Lipinski definition) is 1. The van der Waals surface area contributed by atoms with Crippen LogP contribution in [0, 0.1) is 0 Å². The standard InChI is InChI=1S/C18H18ClNO3S2/c1-11(25-13-5-3-12(19)4-6-13)18(21)20-14-9-15-16(10-17(14)24-2)23-8-7-22-15/h3-6,9-11H,7-8H2,1-2H3,(H,20,21). The molecule has 4 nitrogen and oxygen atoms in total. The Bertz CT molecular complexity index is 768. The number of carbonyl (C=O) groups excluding carboxylic acids is 1. The van der Waals surface area contributed by atoms with Crippen LogP contribution in [0.1, 0.15) is 6.92 Å². The van der Waals surface area contributed by atoms with Crippen LogP contribution in [0.5, 0.6) is 11.5 Å². The van der Waals surface area contributed by atoms with E-state index in [0.717, 1.165) is 21.2 Å². The molecule has 0 fully saturated rings. The van der Waals surface area contributed by atoms with E-state index >= 15 is 0 Å². The number of hydrogen-bond acceptors (Lipinski definition) is 5. The topological polar surface area (TPSA) is 47.6 Å². The lowest BCUT2D eigenvalue weighted by molar-refractivity contribution is -0.115. The molecule has 0 saturated heterocycles. The first kappa shape index (κ1) is 18.3. The van der Waals surface area contributed by atoms with Crippen molar-refractivity contribution in [2.45, 2.75) is 22.0 Å². The number of halogens is 1. The molecule has 1 aliphatic rings. The van der Waals surface area contributed by atoms with Gasteiger partial charge in [-0.15, -0.1) is 23.5 Å². The van der Waals surface area contributed by atoms with Crippen LogP contribution in [-0.4, -0.2) is 30.6 Å². The maximum atomic E-state index is 12.6. The molecule has 2 aromatic carbocycles. The summed E-state index contributed by atoms with van der Waals surface area (Å²) in [6.45, 7) is 2.94. The van der Waals surface area contributed by atoms with Crippen LogP contribution in [-0.2, 0) is 4.79 Å². The van der Waals surface area contributed by atoms with Crippen molar-refractivity contribution in [1.82, 2.24) is 0 Å². The normalized spacial score (nSPS) is 14.0. The van der Waals surface area contributed by atoms with Gasteiger partial charge >= 0.3 is 0 Å². The van der Waals surface area contributed by atoms with E-state index in [2.05, 4.69) is 5.32 Å².